The van der Waals surface area contributed by atoms with E-state index in [1.807, 2.05) is 0 Å². The Balaban J connectivity index is 2.99. The maximum Gasteiger partial charge on any atom is 0.352 e. The molecule has 0 aliphatic rings. The molecule has 0 atom stereocenters. The normalized spacial score (nSPS) is 7.67. The van der Waals surface area contributed by atoms with Crippen molar-refractivity contribution >= 4 is 21.9 Å². The van der Waals surface area contributed by atoms with Crippen LogP contribution in [-0.4, -0.2) is 16.6 Å². The van der Waals surface area contributed by atoms with Gasteiger partial charge in [0.1, 0.15) is 5.33 Å². The summed E-state index contributed by atoms with van der Waals surface area (Å²) in [6.45, 7) is 0. The van der Waals surface area contributed by atoms with Crippen LogP contribution in [0.25, 0.3) is 0 Å². The van der Waals surface area contributed by atoms with E-state index in [-0.39, 0.29) is 5.33 Å². The Labute approximate surface area is 43.0 Å². The molecule has 0 saturated carbocycles. The predicted molar refractivity (Wildman–Crippen MR) is 22.5 cm³/mol. The van der Waals surface area contributed by atoms with E-state index in [1.165, 1.54) is 0 Å². The van der Waals surface area contributed by atoms with Crippen molar-refractivity contribution in [3.63, 3.8) is 0 Å². The van der Waals surface area contributed by atoms with Gasteiger partial charge in [0.05, 0.1) is 0 Å². The van der Waals surface area contributed by atoms with E-state index in [4.69, 9.17) is 5.26 Å². The SMILES string of the molecule is O=C(CBr)OO. The number of carbonyl (C=O) groups is 1. The maximum absolute atomic E-state index is 9.66. The highest BCUT2D eigenvalue weighted by atomic mass is 79.9. The van der Waals surface area contributed by atoms with Crippen LogP contribution >= 0.6 is 15.9 Å². The Bertz CT molecular complexity index is 46.8. The fourth-order valence-electron chi connectivity index (χ4n) is 0.0244. The van der Waals surface area contributed by atoms with Crippen molar-refractivity contribution in [3.8, 4) is 0 Å². The van der Waals surface area contributed by atoms with Crippen LogP contribution in [-0.2, 0) is 9.68 Å². The quantitative estimate of drug-likeness (QED) is 0.338. The Morgan fingerprint density at radius 1 is 2.00 bits per heavy atom. The summed E-state index contributed by atoms with van der Waals surface area (Å²) in [5.74, 6) is -0.685. The lowest BCUT2D eigenvalue weighted by Gasteiger charge is -1.82. The molecule has 0 spiro atoms. The van der Waals surface area contributed by atoms with E-state index in [2.05, 4.69) is 20.8 Å². The van der Waals surface area contributed by atoms with E-state index < -0.39 is 5.97 Å². The van der Waals surface area contributed by atoms with E-state index in [0.717, 1.165) is 0 Å². The van der Waals surface area contributed by atoms with Crippen molar-refractivity contribution < 1.29 is 14.9 Å². The van der Waals surface area contributed by atoms with Crippen LogP contribution in [0.15, 0.2) is 0 Å². The zero-order valence-corrected chi connectivity index (χ0v) is 4.43. The minimum Gasteiger partial charge on any atom is -0.300 e. The number of carbonyl (C=O) groups excluding carboxylic acids is 1. The van der Waals surface area contributed by atoms with E-state index in [0.29, 0.717) is 0 Å². The molecule has 3 nitrogen and oxygen atoms in total. The summed E-state index contributed by atoms with van der Waals surface area (Å²) in [7, 11) is 0. The summed E-state index contributed by atoms with van der Waals surface area (Å²) in [4.78, 5) is 12.9. The highest BCUT2D eigenvalue weighted by Crippen LogP contribution is 1.79. The summed E-state index contributed by atoms with van der Waals surface area (Å²) in [6.07, 6.45) is 0. The highest BCUT2D eigenvalue weighted by Gasteiger charge is 1.92. The molecule has 36 valence electrons. The second kappa shape index (κ2) is 3.11. The van der Waals surface area contributed by atoms with Crippen molar-refractivity contribution in [2.75, 3.05) is 5.33 Å². The number of rotatable bonds is 1. The van der Waals surface area contributed by atoms with Gasteiger partial charge in [0.25, 0.3) is 0 Å². The third-order valence-corrected chi connectivity index (χ3v) is 0.669. The Morgan fingerprint density at radius 2 is 2.50 bits per heavy atom. The van der Waals surface area contributed by atoms with Crippen LogP contribution < -0.4 is 0 Å². The van der Waals surface area contributed by atoms with E-state index >= 15 is 0 Å². The van der Waals surface area contributed by atoms with E-state index in [1.54, 1.807) is 0 Å². The van der Waals surface area contributed by atoms with Gasteiger partial charge in [-0.05, 0) is 0 Å². The van der Waals surface area contributed by atoms with E-state index in [9.17, 15) is 4.79 Å². The molecular weight excluding hydrogens is 152 g/mol. The third-order valence-electron chi connectivity index (χ3n) is 0.211. The first-order chi connectivity index (χ1) is 2.81. The molecule has 0 aromatic heterocycles. The maximum atomic E-state index is 9.66. The van der Waals surface area contributed by atoms with Crippen LogP contribution in [0.5, 0.6) is 0 Å². The lowest BCUT2D eigenvalue weighted by Crippen LogP contribution is -1.99. The van der Waals surface area contributed by atoms with Gasteiger partial charge >= 0.3 is 5.97 Å². The minimum atomic E-state index is -0.685. The summed E-state index contributed by atoms with van der Waals surface area (Å²) < 4.78 is 0. The molecule has 6 heavy (non-hydrogen) atoms. The average Bonchev–Trinajstić information content (AvgIpc) is 1.65. The molecule has 0 aliphatic carbocycles. The lowest BCUT2D eigenvalue weighted by atomic mass is 10.8. The lowest BCUT2D eigenvalue weighted by molar-refractivity contribution is -0.230. The Kier molecular flexibility index (Phi) is 3.07. The van der Waals surface area contributed by atoms with Crippen molar-refractivity contribution in [1.29, 1.82) is 0 Å². The standard InChI is InChI=1S/C2H3BrO3/c3-1-2(4)6-5/h5H,1H2. The van der Waals surface area contributed by atoms with Gasteiger partial charge in [-0.15, -0.1) is 0 Å². The number of halogens is 1. The van der Waals surface area contributed by atoms with Crippen molar-refractivity contribution in [2.24, 2.45) is 0 Å². The molecule has 1 N–H and O–H groups in total. The van der Waals surface area contributed by atoms with Gasteiger partial charge in [0, 0.05) is 0 Å². The molecule has 0 rings (SSSR count). The summed E-state index contributed by atoms with van der Waals surface area (Å²) in [6, 6.07) is 0. The summed E-state index contributed by atoms with van der Waals surface area (Å²) in [5, 5.41) is 7.49. The zero-order chi connectivity index (χ0) is 4.99. The number of hydrogen-bond donors (Lipinski definition) is 1. The molecule has 0 bridgehead atoms. The molecule has 0 aliphatic heterocycles. The van der Waals surface area contributed by atoms with Crippen LogP contribution in [0.1, 0.15) is 0 Å². The third kappa shape index (κ3) is 2.17. The highest BCUT2D eigenvalue weighted by molar-refractivity contribution is 9.09. The van der Waals surface area contributed by atoms with Crippen LogP contribution in [0, 0.1) is 0 Å². The number of alkyl halides is 1. The summed E-state index contributed by atoms with van der Waals surface area (Å²) in [5.41, 5.74) is 0. The topological polar surface area (TPSA) is 46.5 Å². The zero-order valence-electron chi connectivity index (χ0n) is 2.85. The molecule has 0 amide bonds. The van der Waals surface area contributed by atoms with Crippen molar-refractivity contribution in [1.82, 2.24) is 0 Å². The van der Waals surface area contributed by atoms with Gasteiger partial charge in [-0.2, -0.15) is 5.26 Å². The monoisotopic (exact) mass is 154 g/mol. The molecule has 0 saturated heterocycles. The minimum absolute atomic E-state index is 0.0312. The molecule has 0 aromatic carbocycles. The average molecular weight is 155 g/mol. The van der Waals surface area contributed by atoms with Gasteiger partial charge in [-0.1, -0.05) is 15.9 Å². The molecule has 0 aromatic rings. The second-order valence-corrected chi connectivity index (χ2v) is 1.16. The molecule has 0 heterocycles. The largest absolute Gasteiger partial charge is 0.352 e. The second-order valence-electron chi connectivity index (χ2n) is 0.597. The van der Waals surface area contributed by atoms with Gasteiger partial charge in [0.15, 0.2) is 0 Å². The fourth-order valence-corrected chi connectivity index (χ4v) is 0.127. The molecular formula is C2H3BrO3. The number of hydrogen-bond acceptors (Lipinski definition) is 3. The van der Waals surface area contributed by atoms with Gasteiger partial charge < -0.3 is 4.89 Å². The molecule has 0 radical (unpaired) electrons. The first-order valence-electron chi connectivity index (χ1n) is 1.21. The predicted octanol–water partition coefficient (Wildman–Crippen LogP) is 0.398. The molecule has 0 unspecified atom stereocenters. The summed E-state index contributed by atoms with van der Waals surface area (Å²) >= 11 is 2.74. The van der Waals surface area contributed by atoms with Crippen LogP contribution in [0.2, 0.25) is 0 Å². The fraction of sp³-hybridized carbons (Fsp3) is 0.500. The molecule has 4 heteroatoms. The van der Waals surface area contributed by atoms with Gasteiger partial charge in [-0.3, -0.25) is 0 Å². The Morgan fingerprint density at radius 3 is 2.50 bits per heavy atom. The first kappa shape index (κ1) is 5.91. The van der Waals surface area contributed by atoms with Crippen LogP contribution in [0.3, 0.4) is 0 Å². The van der Waals surface area contributed by atoms with Crippen molar-refractivity contribution in [3.05, 3.63) is 0 Å². The van der Waals surface area contributed by atoms with Gasteiger partial charge in [0.2, 0.25) is 0 Å². The van der Waals surface area contributed by atoms with Crippen molar-refractivity contribution in [2.45, 2.75) is 0 Å². The first-order valence-corrected chi connectivity index (χ1v) is 2.33. The van der Waals surface area contributed by atoms with Crippen LogP contribution in [0.4, 0.5) is 0 Å². The molecule has 0 fully saturated rings. The Hall–Kier alpha value is -0.0900. The van der Waals surface area contributed by atoms with Gasteiger partial charge in [-0.25, -0.2) is 4.79 Å². The smallest absolute Gasteiger partial charge is 0.300 e.